The van der Waals surface area contributed by atoms with Crippen molar-refractivity contribution < 1.29 is 26.3 Å². The van der Waals surface area contributed by atoms with Crippen LogP contribution in [0.4, 0.5) is 37.8 Å². The first-order valence-electron chi connectivity index (χ1n) is 13.0. The van der Waals surface area contributed by atoms with Gasteiger partial charge in [0.1, 0.15) is 11.6 Å². The SMILES string of the molecule is CN(Cc1nc(Nc2ccc(C(F)(F)F)cc2)c2ccc(-c3ncccc3C(F)(F)F)cc2n1)C1CCCCC1. The molecule has 5 nitrogen and oxygen atoms in total. The number of hydrogen-bond donors (Lipinski definition) is 1. The monoisotopic (exact) mass is 559 g/mol. The lowest BCUT2D eigenvalue weighted by Crippen LogP contribution is -2.33. The molecule has 210 valence electrons. The molecule has 0 amide bonds. The average molecular weight is 560 g/mol. The van der Waals surface area contributed by atoms with E-state index in [4.69, 9.17) is 0 Å². The summed E-state index contributed by atoms with van der Waals surface area (Å²) >= 11 is 0. The van der Waals surface area contributed by atoms with Crippen molar-refractivity contribution in [2.75, 3.05) is 12.4 Å². The lowest BCUT2D eigenvalue weighted by Gasteiger charge is -2.30. The quantitative estimate of drug-likeness (QED) is 0.241. The summed E-state index contributed by atoms with van der Waals surface area (Å²) in [5.41, 5.74) is -0.829. The summed E-state index contributed by atoms with van der Waals surface area (Å²) in [6.45, 7) is 0.407. The minimum atomic E-state index is -4.59. The summed E-state index contributed by atoms with van der Waals surface area (Å²) in [5, 5.41) is 3.59. The standard InChI is InChI=1S/C29H27F6N5/c1-40(21-6-3-2-4-7-21)17-25-38-24-16-18(26-23(29(33,34)35)8-5-15-36-26)9-14-22(24)27(39-25)37-20-12-10-19(11-13-20)28(30,31)32/h5,8-16,21H,2-4,6-7,17H2,1H3,(H,37,38,39). The van der Waals surface area contributed by atoms with Crippen LogP contribution in [0.3, 0.4) is 0 Å². The Kier molecular flexibility index (Phi) is 7.67. The number of pyridine rings is 1. The van der Waals surface area contributed by atoms with Gasteiger partial charge in [0.05, 0.1) is 28.9 Å². The molecule has 0 aliphatic heterocycles. The van der Waals surface area contributed by atoms with Gasteiger partial charge in [-0.05, 0) is 68.4 Å². The number of rotatable bonds is 6. The van der Waals surface area contributed by atoms with Crippen molar-refractivity contribution in [1.82, 2.24) is 19.9 Å². The number of nitrogens with one attached hydrogen (secondary N) is 1. The lowest BCUT2D eigenvalue weighted by atomic mass is 9.94. The summed E-state index contributed by atoms with van der Waals surface area (Å²) in [6, 6.07) is 11.8. The van der Waals surface area contributed by atoms with Gasteiger partial charge >= 0.3 is 12.4 Å². The van der Waals surface area contributed by atoms with E-state index < -0.39 is 23.5 Å². The number of benzene rings is 2. The Bertz CT molecular complexity index is 1480. The number of alkyl halides is 6. The van der Waals surface area contributed by atoms with E-state index in [1.54, 1.807) is 6.07 Å². The van der Waals surface area contributed by atoms with Gasteiger partial charge in [0.25, 0.3) is 0 Å². The van der Waals surface area contributed by atoms with Crippen LogP contribution in [-0.2, 0) is 18.9 Å². The van der Waals surface area contributed by atoms with Crippen LogP contribution in [0.5, 0.6) is 0 Å². The van der Waals surface area contributed by atoms with Gasteiger partial charge in [-0.3, -0.25) is 9.88 Å². The summed E-state index contributed by atoms with van der Waals surface area (Å²) in [5.74, 6) is 0.796. The van der Waals surface area contributed by atoms with Gasteiger partial charge < -0.3 is 5.32 Å². The Hall–Kier alpha value is -3.73. The first kappa shape index (κ1) is 27.8. The van der Waals surface area contributed by atoms with Crippen molar-refractivity contribution in [2.24, 2.45) is 0 Å². The highest BCUT2D eigenvalue weighted by molar-refractivity contribution is 5.93. The van der Waals surface area contributed by atoms with Gasteiger partial charge in [0.2, 0.25) is 0 Å². The molecule has 1 aliphatic rings. The molecular weight excluding hydrogens is 532 g/mol. The van der Waals surface area contributed by atoms with E-state index in [1.807, 2.05) is 7.05 Å². The predicted molar refractivity (Wildman–Crippen MR) is 141 cm³/mol. The van der Waals surface area contributed by atoms with Crippen LogP contribution in [-0.4, -0.2) is 32.9 Å². The van der Waals surface area contributed by atoms with Crippen LogP contribution in [0.2, 0.25) is 0 Å². The predicted octanol–water partition coefficient (Wildman–Crippen LogP) is 8.24. The third-order valence-corrected chi connectivity index (χ3v) is 7.19. The lowest BCUT2D eigenvalue weighted by molar-refractivity contribution is -0.138. The molecular formula is C29H27F6N5. The van der Waals surface area contributed by atoms with Crippen LogP contribution in [0.25, 0.3) is 22.2 Å². The minimum Gasteiger partial charge on any atom is -0.340 e. The van der Waals surface area contributed by atoms with Gasteiger partial charge in [-0.25, -0.2) is 9.97 Å². The summed E-state index contributed by atoms with van der Waals surface area (Å²) in [4.78, 5) is 15.5. The minimum absolute atomic E-state index is 0.214. The van der Waals surface area contributed by atoms with E-state index in [0.29, 0.717) is 40.8 Å². The van der Waals surface area contributed by atoms with Gasteiger partial charge in [0, 0.05) is 28.9 Å². The van der Waals surface area contributed by atoms with Crippen LogP contribution in [0.1, 0.15) is 49.1 Å². The van der Waals surface area contributed by atoms with Crippen LogP contribution >= 0.6 is 0 Å². The van der Waals surface area contributed by atoms with E-state index in [0.717, 1.165) is 43.9 Å². The molecule has 1 fully saturated rings. The maximum Gasteiger partial charge on any atom is 0.418 e. The van der Waals surface area contributed by atoms with Gasteiger partial charge in [0.15, 0.2) is 0 Å². The Morgan fingerprint density at radius 1 is 0.875 bits per heavy atom. The zero-order chi connectivity index (χ0) is 28.5. The maximum absolute atomic E-state index is 13.7. The second kappa shape index (κ2) is 11.0. The maximum atomic E-state index is 13.7. The number of fused-ring (bicyclic) bond motifs is 1. The number of halogens is 6. The van der Waals surface area contributed by atoms with Gasteiger partial charge in [-0.15, -0.1) is 0 Å². The fraction of sp³-hybridized carbons (Fsp3) is 0.345. The van der Waals surface area contributed by atoms with Gasteiger partial charge in [-0.1, -0.05) is 25.3 Å². The van der Waals surface area contributed by atoms with Crippen LogP contribution in [0.15, 0.2) is 60.8 Å². The molecule has 0 unspecified atom stereocenters. The average Bonchev–Trinajstić information content (AvgIpc) is 2.92. The van der Waals surface area contributed by atoms with Crippen molar-refractivity contribution in [3.8, 4) is 11.3 Å². The molecule has 1 aliphatic carbocycles. The Morgan fingerprint density at radius 2 is 1.60 bits per heavy atom. The topological polar surface area (TPSA) is 53.9 Å². The molecule has 2 aromatic carbocycles. The van der Waals surface area contributed by atoms with E-state index in [-0.39, 0.29) is 11.3 Å². The number of aromatic nitrogens is 3. The number of nitrogens with zero attached hydrogens (tertiary/aromatic N) is 4. The molecule has 11 heteroatoms. The van der Waals surface area contributed by atoms with Crippen molar-refractivity contribution in [3.63, 3.8) is 0 Å². The fourth-order valence-corrected chi connectivity index (χ4v) is 5.11. The Labute approximate surface area is 227 Å². The first-order valence-corrected chi connectivity index (χ1v) is 13.0. The van der Waals surface area contributed by atoms with E-state index in [1.165, 1.54) is 42.9 Å². The molecule has 0 spiro atoms. The summed E-state index contributed by atoms with van der Waals surface area (Å²) < 4.78 is 80.2. The molecule has 0 bridgehead atoms. The first-order chi connectivity index (χ1) is 19.0. The molecule has 5 rings (SSSR count). The summed E-state index contributed by atoms with van der Waals surface area (Å²) in [6.07, 6.45) is -2.14. The normalized spacial score (nSPS) is 15.1. The molecule has 2 aromatic heterocycles. The summed E-state index contributed by atoms with van der Waals surface area (Å²) in [7, 11) is 1.99. The fourth-order valence-electron chi connectivity index (χ4n) is 5.11. The smallest absolute Gasteiger partial charge is 0.340 e. The highest BCUT2D eigenvalue weighted by Gasteiger charge is 2.34. The third kappa shape index (κ3) is 6.19. The van der Waals surface area contributed by atoms with Crippen molar-refractivity contribution in [3.05, 3.63) is 77.7 Å². The second-order valence-corrected chi connectivity index (χ2v) is 10.0. The van der Waals surface area contributed by atoms with Gasteiger partial charge in [-0.2, -0.15) is 26.3 Å². The molecule has 2 heterocycles. The molecule has 40 heavy (non-hydrogen) atoms. The molecule has 0 saturated heterocycles. The highest BCUT2D eigenvalue weighted by Crippen LogP contribution is 2.37. The van der Waals surface area contributed by atoms with Crippen molar-refractivity contribution in [2.45, 2.75) is 57.0 Å². The third-order valence-electron chi connectivity index (χ3n) is 7.19. The second-order valence-electron chi connectivity index (χ2n) is 10.0. The molecule has 0 radical (unpaired) electrons. The molecule has 1 N–H and O–H groups in total. The zero-order valence-corrected chi connectivity index (χ0v) is 21.7. The highest BCUT2D eigenvalue weighted by atomic mass is 19.4. The Balaban J connectivity index is 1.56. The Morgan fingerprint density at radius 3 is 2.27 bits per heavy atom. The molecule has 0 atom stereocenters. The zero-order valence-electron chi connectivity index (χ0n) is 21.7. The largest absolute Gasteiger partial charge is 0.418 e. The van der Waals surface area contributed by atoms with Crippen LogP contribution in [0, 0.1) is 0 Å². The number of anilines is 2. The van der Waals surface area contributed by atoms with E-state index in [9.17, 15) is 26.3 Å². The van der Waals surface area contributed by atoms with Crippen molar-refractivity contribution >= 4 is 22.4 Å². The number of hydrogen-bond acceptors (Lipinski definition) is 5. The van der Waals surface area contributed by atoms with Crippen LogP contribution < -0.4 is 5.32 Å². The molecule has 4 aromatic rings. The van der Waals surface area contributed by atoms with Crippen molar-refractivity contribution in [1.29, 1.82) is 0 Å². The van der Waals surface area contributed by atoms with E-state index >= 15 is 0 Å². The van der Waals surface area contributed by atoms with E-state index in [2.05, 4.69) is 25.2 Å². The molecule has 1 saturated carbocycles.